The zero-order valence-electron chi connectivity index (χ0n) is 25.2. The molecular weight excluding hydrogens is 576 g/mol. The molecule has 0 spiro atoms. The first-order valence-electron chi connectivity index (χ1n) is 15.5. The Kier molecular flexibility index (Phi) is 6.35. The molecule has 0 unspecified atom stereocenters. The number of aromatic nitrogens is 6. The molecule has 0 saturated carbocycles. The quantitative estimate of drug-likeness (QED) is 0.196. The molecule has 0 aliphatic heterocycles. The summed E-state index contributed by atoms with van der Waals surface area (Å²) >= 11 is 0. The molecule has 47 heavy (non-hydrogen) atoms. The van der Waals surface area contributed by atoms with E-state index in [1.807, 2.05) is 59.1 Å². The van der Waals surface area contributed by atoms with Crippen molar-refractivity contribution in [2.75, 3.05) is 0 Å². The lowest BCUT2D eigenvalue weighted by Gasteiger charge is -2.11. The molecule has 0 fully saturated rings. The van der Waals surface area contributed by atoms with Crippen LogP contribution < -0.4 is 0 Å². The molecule has 0 amide bonds. The number of imidazole rings is 1. The maximum Gasteiger partial charge on any atom is 0.165 e. The van der Waals surface area contributed by atoms with E-state index in [-0.39, 0.29) is 0 Å². The third-order valence-electron chi connectivity index (χ3n) is 8.52. The standard InChI is InChI=1S/C41H26N6/c1-2-10-27(11-3-1)28-16-22-31(23-17-28)40-43-35(26-36(44-40)34-14-6-8-24-42-34)29-18-20-30(21-19-29)38-32-12-4-5-13-33(32)39-41(46-38)47-25-9-7-15-37(47)45-39/h1-26H. The van der Waals surface area contributed by atoms with Gasteiger partial charge in [0.15, 0.2) is 11.5 Å². The van der Waals surface area contributed by atoms with E-state index in [0.29, 0.717) is 5.82 Å². The van der Waals surface area contributed by atoms with E-state index in [9.17, 15) is 0 Å². The van der Waals surface area contributed by atoms with Gasteiger partial charge in [-0.25, -0.2) is 19.9 Å². The van der Waals surface area contributed by atoms with Crippen molar-refractivity contribution >= 4 is 27.6 Å². The maximum atomic E-state index is 5.17. The van der Waals surface area contributed by atoms with Crippen molar-refractivity contribution in [3.05, 3.63) is 158 Å². The molecule has 0 aliphatic carbocycles. The van der Waals surface area contributed by atoms with E-state index in [0.717, 1.165) is 72.6 Å². The maximum absolute atomic E-state index is 5.17. The summed E-state index contributed by atoms with van der Waals surface area (Å²) in [6.07, 6.45) is 3.80. The third kappa shape index (κ3) is 4.80. The summed E-state index contributed by atoms with van der Waals surface area (Å²) in [4.78, 5) is 24.7. The van der Waals surface area contributed by atoms with Gasteiger partial charge in [-0.3, -0.25) is 9.38 Å². The summed E-state index contributed by atoms with van der Waals surface area (Å²) in [6.45, 7) is 0. The first-order valence-corrected chi connectivity index (χ1v) is 15.5. The second-order valence-electron chi connectivity index (χ2n) is 11.4. The number of pyridine rings is 3. The summed E-state index contributed by atoms with van der Waals surface area (Å²) in [5.41, 5.74) is 11.2. The van der Waals surface area contributed by atoms with Crippen molar-refractivity contribution < 1.29 is 0 Å². The van der Waals surface area contributed by atoms with Crippen molar-refractivity contribution in [3.8, 4) is 56.4 Å². The lowest BCUT2D eigenvalue weighted by molar-refractivity contribution is 1.16. The molecule has 0 bridgehead atoms. The third-order valence-corrected chi connectivity index (χ3v) is 8.52. The molecular formula is C41H26N6. The average molecular weight is 603 g/mol. The Bertz CT molecular complexity index is 2540. The van der Waals surface area contributed by atoms with Gasteiger partial charge in [0, 0.05) is 39.9 Å². The second-order valence-corrected chi connectivity index (χ2v) is 11.4. The van der Waals surface area contributed by atoms with Gasteiger partial charge in [-0.1, -0.05) is 115 Å². The molecule has 6 heteroatoms. The molecule has 5 aromatic heterocycles. The topological polar surface area (TPSA) is 68.9 Å². The van der Waals surface area contributed by atoms with E-state index < -0.39 is 0 Å². The fourth-order valence-corrected chi connectivity index (χ4v) is 6.16. The van der Waals surface area contributed by atoms with Crippen molar-refractivity contribution in [2.45, 2.75) is 0 Å². The van der Waals surface area contributed by atoms with Gasteiger partial charge < -0.3 is 0 Å². The highest BCUT2D eigenvalue weighted by molar-refractivity contribution is 6.09. The lowest BCUT2D eigenvalue weighted by atomic mass is 10.0. The molecule has 0 saturated heterocycles. The fourth-order valence-electron chi connectivity index (χ4n) is 6.16. The van der Waals surface area contributed by atoms with Crippen LogP contribution in [0.25, 0.3) is 84.0 Å². The van der Waals surface area contributed by atoms with Crippen LogP contribution in [0.15, 0.2) is 158 Å². The van der Waals surface area contributed by atoms with Gasteiger partial charge in [0.05, 0.1) is 22.8 Å². The van der Waals surface area contributed by atoms with Crippen LogP contribution in [0.2, 0.25) is 0 Å². The normalized spacial score (nSPS) is 11.4. The van der Waals surface area contributed by atoms with Gasteiger partial charge in [-0.05, 0) is 41.5 Å². The van der Waals surface area contributed by atoms with Crippen LogP contribution in [-0.4, -0.2) is 29.3 Å². The van der Waals surface area contributed by atoms with E-state index >= 15 is 0 Å². The molecule has 0 radical (unpaired) electrons. The van der Waals surface area contributed by atoms with Crippen LogP contribution in [0.1, 0.15) is 0 Å². The van der Waals surface area contributed by atoms with Crippen molar-refractivity contribution in [3.63, 3.8) is 0 Å². The van der Waals surface area contributed by atoms with Crippen molar-refractivity contribution in [1.29, 1.82) is 0 Å². The summed E-state index contributed by atoms with van der Waals surface area (Å²) in [5.74, 6) is 0.651. The van der Waals surface area contributed by atoms with Gasteiger partial charge in [-0.2, -0.15) is 0 Å². The SMILES string of the molecule is c1ccc(-c2ccc(-c3nc(-c4ccc(-c5nc6c(nc7ccccn76)c6ccccc56)cc4)cc(-c4ccccn4)n3)cc2)cc1. The number of rotatable bonds is 5. The van der Waals surface area contributed by atoms with Crippen molar-refractivity contribution in [1.82, 2.24) is 29.3 Å². The Hall–Kier alpha value is -6.53. The largest absolute Gasteiger partial charge is 0.284 e. The monoisotopic (exact) mass is 602 g/mol. The highest BCUT2D eigenvalue weighted by Gasteiger charge is 2.16. The van der Waals surface area contributed by atoms with Crippen LogP contribution in [0.5, 0.6) is 0 Å². The zero-order chi connectivity index (χ0) is 31.2. The number of fused-ring (bicyclic) bond motifs is 5. The smallest absolute Gasteiger partial charge is 0.165 e. The second kappa shape index (κ2) is 11.1. The first-order chi connectivity index (χ1) is 23.3. The van der Waals surface area contributed by atoms with E-state index in [4.69, 9.17) is 19.9 Å². The Morgan fingerprint density at radius 1 is 0.426 bits per heavy atom. The minimum absolute atomic E-state index is 0.651. The minimum Gasteiger partial charge on any atom is -0.284 e. The summed E-state index contributed by atoms with van der Waals surface area (Å²) < 4.78 is 2.05. The van der Waals surface area contributed by atoms with Crippen LogP contribution >= 0.6 is 0 Å². The van der Waals surface area contributed by atoms with E-state index in [1.165, 1.54) is 5.56 Å². The Balaban J connectivity index is 1.15. The summed E-state index contributed by atoms with van der Waals surface area (Å²) in [6, 6.07) is 49.5. The molecule has 0 N–H and O–H groups in total. The lowest BCUT2D eigenvalue weighted by Crippen LogP contribution is -1.97. The minimum atomic E-state index is 0.651. The van der Waals surface area contributed by atoms with Crippen LogP contribution in [0.3, 0.4) is 0 Å². The Morgan fingerprint density at radius 2 is 1.09 bits per heavy atom. The molecule has 0 aliphatic rings. The highest BCUT2D eigenvalue weighted by Crippen LogP contribution is 2.34. The number of hydrogen-bond donors (Lipinski definition) is 0. The molecule has 9 aromatic rings. The first kappa shape index (κ1) is 26.8. The molecule has 6 nitrogen and oxygen atoms in total. The van der Waals surface area contributed by atoms with Crippen LogP contribution in [0.4, 0.5) is 0 Å². The van der Waals surface area contributed by atoms with Gasteiger partial charge >= 0.3 is 0 Å². The molecule has 9 rings (SSSR count). The van der Waals surface area contributed by atoms with Gasteiger partial charge in [0.2, 0.25) is 0 Å². The number of benzene rings is 4. The summed E-state index contributed by atoms with van der Waals surface area (Å²) in [5, 5.41) is 2.15. The predicted molar refractivity (Wildman–Crippen MR) is 189 cm³/mol. The molecule has 220 valence electrons. The van der Waals surface area contributed by atoms with Crippen LogP contribution in [0, 0.1) is 0 Å². The molecule has 4 aromatic carbocycles. The summed E-state index contributed by atoms with van der Waals surface area (Å²) in [7, 11) is 0. The fraction of sp³-hybridized carbons (Fsp3) is 0. The molecule has 0 atom stereocenters. The number of nitrogens with zero attached hydrogens (tertiary/aromatic N) is 6. The van der Waals surface area contributed by atoms with Crippen molar-refractivity contribution in [2.24, 2.45) is 0 Å². The van der Waals surface area contributed by atoms with E-state index in [2.05, 4.69) is 102 Å². The van der Waals surface area contributed by atoms with E-state index in [1.54, 1.807) is 6.20 Å². The van der Waals surface area contributed by atoms with Gasteiger partial charge in [0.25, 0.3) is 0 Å². The van der Waals surface area contributed by atoms with Gasteiger partial charge in [0.1, 0.15) is 11.2 Å². The Labute approximate surface area is 270 Å². The zero-order valence-corrected chi connectivity index (χ0v) is 25.2. The number of hydrogen-bond acceptors (Lipinski definition) is 5. The predicted octanol–water partition coefficient (Wildman–Crippen LogP) is 9.56. The van der Waals surface area contributed by atoms with Gasteiger partial charge in [-0.15, -0.1) is 0 Å². The van der Waals surface area contributed by atoms with Crippen LogP contribution in [-0.2, 0) is 0 Å². The average Bonchev–Trinajstić information content (AvgIpc) is 3.54. The highest BCUT2D eigenvalue weighted by atomic mass is 15.1. The molecule has 5 heterocycles. The Morgan fingerprint density at radius 3 is 1.89 bits per heavy atom.